The number of hydrogen-bond acceptors (Lipinski definition) is 4. The van der Waals surface area contributed by atoms with Crippen LogP contribution in [-0.4, -0.2) is 42.9 Å². The molecule has 0 radical (unpaired) electrons. The quantitative estimate of drug-likeness (QED) is 0.806. The van der Waals surface area contributed by atoms with E-state index < -0.39 is 17.7 Å². The van der Waals surface area contributed by atoms with Crippen LogP contribution in [0.2, 0.25) is 0 Å². The third-order valence-corrected chi connectivity index (χ3v) is 2.39. The van der Waals surface area contributed by atoms with Crippen LogP contribution < -0.4 is 5.32 Å². The molecule has 0 saturated heterocycles. The molecule has 6 heteroatoms. The van der Waals surface area contributed by atoms with Gasteiger partial charge in [0.15, 0.2) is 0 Å². The summed E-state index contributed by atoms with van der Waals surface area (Å²) in [5.41, 5.74) is -0.726. The van der Waals surface area contributed by atoms with Gasteiger partial charge in [0.1, 0.15) is 11.6 Å². The van der Waals surface area contributed by atoms with Crippen LogP contribution in [0.1, 0.15) is 48.0 Å². The maximum atomic E-state index is 12.2. The molecule has 0 saturated carbocycles. The van der Waals surface area contributed by atoms with E-state index in [4.69, 9.17) is 9.57 Å². The molecule has 0 aromatic carbocycles. The number of carbonyl (C=O) groups is 2. The fourth-order valence-corrected chi connectivity index (χ4v) is 1.57. The highest BCUT2D eigenvalue weighted by Crippen LogP contribution is 2.22. The Labute approximate surface area is 121 Å². The molecule has 0 rings (SSSR count). The summed E-state index contributed by atoms with van der Waals surface area (Å²) in [4.78, 5) is 28.9. The van der Waals surface area contributed by atoms with Crippen molar-refractivity contribution >= 4 is 12.0 Å². The minimum absolute atomic E-state index is 0.121. The summed E-state index contributed by atoms with van der Waals surface area (Å²) in [6, 6.07) is -0.685. The van der Waals surface area contributed by atoms with Gasteiger partial charge in [0.05, 0.1) is 7.11 Å². The summed E-state index contributed by atoms with van der Waals surface area (Å²) in [6.45, 7) is 11.3. The molecule has 20 heavy (non-hydrogen) atoms. The Bertz CT molecular complexity index is 342. The van der Waals surface area contributed by atoms with Crippen LogP contribution >= 0.6 is 0 Å². The van der Waals surface area contributed by atoms with Crippen molar-refractivity contribution in [2.24, 2.45) is 5.41 Å². The average Bonchev–Trinajstić information content (AvgIpc) is 2.21. The molecule has 1 N–H and O–H groups in total. The number of nitrogens with zero attached hydrogens (tertiary/aromatic N) is 1. The summed E-state index contributed by atoms with van der Waals surface area (Å²) in [5, 5.41) is 3.72. The first-order valence-electron chi connectivity index (χ1n) is 6.67. The standard InChI is InChI=1S/C14H28N2O4/c1-13(2,3)9-10(11(17)16(7)19-8)15-12(18)20-14(4,5)6/h10H,9H2,1-8H3,(H,15,18)/t10-/m0/s1. The maximum absolute atomic E-state index is 12.2. The fraction of sp³-hybridized carbons (Fsp3) is 0.857. The van der Waals surface area contributed by atoms with E-state index in [1.165, 1.54) is 14.2 Å². The summed E-state index contributed by atoms with van der Waals surface area (Å²) in [6.07, 6.45) is -0.122. The molecule has 0 aromatic heterocycles. The smallest absolute Gasteiger partial charge is 0.408 e. The monoisotopic (exact) mass is 288 g/mol. The van der Waals surface area contributed by atoms with E-state index in [2.05, 4.69) is 5.32 Å². The van der Waals surface area contributed by atoms with Gasteiger partial charge in [-0.3, -0.25) is 9.63 Å². The third kappa shape index (κ3) is 7.99. The molecule has 0 aliphatic heterocycles. The van der Waals surface area contributed by atoms with Crippen LogP contribution in [0.25, 0.3) is 0 Å². The highest BCUT2D eigenvalue weighted by atomic mass is 16.7. The Hall–Kier alpha value is -1.30. The molecule has 0 heterocycles. The molecule has 0 aromatic rings. The normalized spacial score (nSPS) is 13.6. The van der Waals surface area contributed by atoms with Gasteiger partial charge in [-0.15, -0.1) is 0 Å². The lowest BCUT2D eigenvalue weighted by Gasteiger charge is -2.29. The number of nitrogens with one attached hydrogen (secondary N) is 1. The highest BCUT2D eigenvalue weighted by molar-refractivity contribution is 5.84. The van der Waals surface area contributed by atoms with E-state index in [1.807, 2.05) is 20.8 Å². The second-order valence-electron chi connectivity index (χ2n) is 6.98. The van der Waals surface area contributed by atoms with Gasteiger partial charge in [0.2, 0.25) is 0 Å². The number of ether oxygens (including phenoxy) is 1. The topological polar surface area (TPSA) is 67.9 Å². The Morgan fingerprint density at radius 3 is 2.00 bits per heavy atom. The lowest BCUT2D eigenvalue weighted by atomic mass is 9.88. The summed E-state index contributed by atoms with van der Waals surface area (Å²) < 4.78 is 5.18. The van der Waals surface area contributed by atoms with Crippen LogP contribution in [0.5, 0.6) is 0 Å². The Morgan fingerprint density at radius 1 is 1.15 bits per heavy atom. The summed E-state index contributed by atoms with van der Waals surface area (Å²) in [7, 11) is 2.91. The van der Waals surface area contributed by atoms with E-state index >= 15 is 0 Å². The summed E-state index contributed by atoms with van der Waals surface area (Å²) >= 11 is 0. The van der Waals surface area contributed by atoms with Crippen molar-refractivity contribution in [3.05, 3.63) is 0 Å². The predicted molar refractivity (Wildman–Crippen MR) is 77.0 cm³/mol. The molecule has 0 spiro atoms. The zero-order chi connectivity index (χ0) is 16.1. The van der Waals surface area contributed by atoms with Gasteiger partial charge in [-0.1, -0.05) is 20.8 Å². The van der Waals surface area contributed by atoms with E-state index in [0.29, 0.717) is 6.42 Å². The predicted octanol–water partition coefficient (Wildman–Crippen LogP) is 2.34. The molecule has 0 fully saturated rings. The van der Waals surface area contributed by atoms with Crippen LogP contribution in [-0.2, 0) is 14.4 Å². The van der Waals surface area contributed by atoms with Crippen molar-refractivity contribution in [2.45, 2.75) is 59.6 Å². The molecule has 0 bridgehead atoms. The highest BCUT2D eigenvalue weighted by Gasteiger charge is 2.30. The number of carbonyl (C=O) groups excluding carboxylic acids is 2. The van der Waals surface area contributed by atoms with Gasteiger partial charge in [-0.05, 0) is 32.6 Å². The van der Waals surface area contributed by atoms with Crippen LogP contribution in [0, 0.1) is 5.41 Å². The largest absolute Gasteiger partial charge is 0.444 e. The second kappa shape index (κ2) is 6.92. The van der Waals surface area contributed by atoms with Gasteiger partial charge in [0.25, 0.3) is 5.91 Å². The first kappa shape index (κ1) is 18.7. The molecule has 0 unspecified atom stereocenters. The first-order chi connectivity index (χ1) is 8.85. The number of hydrogen-bond donors (Lipinski definition) is 1. The second-order valence-corrected chi connectivity index (χ2v) is 6.98. The van der Waals surface area contributed by atoms with Gasteiger partial charge in [-0.25, -0.2) is 9.86 Å². The van der Waals surface area contributed by atoms with Gasteiger partial charge >= 0.3 is 6.09 Å². The van der Waals surface area contributed by atoms with Crippen molar-refractivity contribution in [2.75, 3.05) is 14.2 Å². The van der Waals surface area contributed by atoms with Crippen molar-refractivity contribution < 1.29 is 19.2 Å². The number of rotatable bonds is 4. The molecule has 118 valence electrons. The van der Waals surface area contributed by atoms with E-state index in [9.17, 15) is 9.59 Å². The van der Waals surface area contributed by atoms with Crippen molar-refractivity contribution in [1.29, 1.82) is 0 Å². The van der Waals surface area contributed by atoms with Crippen LogP contribution in [0.15, 0.2) is 0 Å². The van der Waals surface area contributed by atoms with Gasteiger partial charge in [0, 0.05) is 7.05 Å². The zero-order valence-corrected chi connectivity index (χ0v) is 13.9. The molecule has 0 aliphatic rings. The average molecular weight is 288 g/mol. The van der Waals surface area contributed by atoms with E-state index in [0.717, 1.165) is 5.06 Å². The Kier molecular flexibility index (Phi) is 6.47. The van der Waals surface area contributed by atoms with Crippen LogP contribution in [0.3, 0.4) is 0 Å². The van der Waals surface area contributed by atoms with Crippen molar-refractivity contribution in [1.82, 2.24) is 10.4 Å². The Balaban J connectivity index is 4.87. The first-order valence-corrected chi connectivity index (χ1v) is 6.67. The SMILES string of the molecule is CON(C)C(=O)[C@H](CC(C)(C)C)NC(=O)OC(C)(C)C. The van der Waals surface area contributed by atoms with Crippen LogP contribution in [0.4, 0.5) is 4.79 Å². The maximum Gasteiger partial charge on any atom is 0.408 e. The Morgan fingerprint density at radius 2 is 1.65 bits per heavy atom. The molecule has 0 aliphatic carbocycles. The number of amides is 2. The molecular formula is C14H28N2O4. The molecule has 2 amide bonds. The molecule has 6 nitrogen and oxygen atoms in total. The van der Waals surface area contributed by atoms with Crippen molar-refractivity contribution in [3.63, 3.8) is 0 Å². The summed E-state index contributed by atoms with van der Waals surface area (Å²) in [5.74, 6) is -0.312. The number of likely N-dealkylation sites (N-methyl/N-ethyl adjacent to an activating group) is 1. The zero-order valence-electron chi connectivity index (χ0n) is 13.9. The lowest BCUT2D eigenvalue weighted by molar-refractivity contribution is -0.171. The fourth-order valence-electron chi connectivity index (χ4n) is 1.57. The van der Waals surface area contributed by atoms with E-state index in [1.54, 1.807) is 20.8 Å². The number of alkyl carbamates (subject to hydrolysis) is 1. The molecule has 1 atom stereocenters. The number of hydroxylamine groups is 2. The van der Waals surface area contributed by atoms with Crippen molar-refractivity contribution in [3.8, 4) is 0 Å². The van der Waals surface area contributed by atoms with Gasteiger partial charge < -0.3 is 10.1 Å². The molecular weight excluding hydrogens is 260 g/mol. The minimum atomic E-state index is -0.685. The van der Waals surface area contributed by atoms with Gasteiger partial charge in [-0.2, -0.15) is 0 Å². The third-order valence-electron chi connectivity index (χ3n) is 2.39. The lowest BCUT2D eigenvalue weighted by Crippen LogP contribution is -2.49. The minimum Gasteiger partial charge on any atom is -0.444 e. The van der Waals surface area contributed by atoms with E-state index in [-0.39, 0.29) is 11.3 Å².